The number of hydrogen-bond acceptors (Lipinski definition) is 5. The number of H-pyrrole nitrogens is 1. The molecule has 0 aliphatic carbocycles. The van der Waals surface area contributed by atoms with Gasteiger partial charge < -0.3 is 14.9 Å². The van der Waals surface area contributed by atoms with E-state index in [0.29, 0.717) is 13.0 Å². The first kappa shape index (κ1) is 20.8. The van der Waals surface area contributed by atoms with Crippen LogP contribution >= 0.6 is 0 Å². The molecule has 162 valence electrons. The molecule has 0 fully saturated rings. The first-order valence-electron chi connectivity index (χ1n) is 9.83. The lowest BCUT2D eigenvalue weighted by Gasteiger charge is -2.12. The summed E-state index contributed by atoms with van der Waals surface area (Å²) in [6.45, 7) is -0.0320. The van der Waals surface area contributed by atoms with E-state index in [9.17, 15) is 24.5 Å². The van der Waals surface area contributed by atoms with Crippen LogP contribution in [0, 0.1) is 10.1 Å². The summed E-state index contributed by atoms with van der Waals surface area (Å²) in [7, 11) is 0. The van der Waals surface area contributed by atoms with Crippen molar-refractivity contribution in [2.75, 3.05) is 6.54 Å². The normalized spacial score (nSPS) is 10.9. The Morgan fingerprint density at radius 2 is 1.78 bits per heavy atom. The molecule has 32 heavy (non-hydrogen) atoms. The van der Waals surface area contributed by atoms with Crippen LogP contribution in [0.15, 0.2) is 76.6 Å². The van der Waals surface area contributed by atoms with Crippen molar-refractivity contribution in [2.45, 2.75) is 13.0 Å². The van der Waals surface area contributed by atoms with Crippen LogP contribution in [0.4, 0.5) is 5.69 Å². The van der Waals surface area contributed by atoms with Crippen LogP contribution in [0.25, 0.3) is 16.7 Å². The van der Waals surface area contributed by atoms with Gasteiger partial charge in [0.05, 0.1) is 16.0 Å². The SMILES string of the molecule is O=C(Cn1c(=O)c(=O)[nH]c2cc([N+](=O)[O-])c(-n3cccc3)cc21)NCCc1ccccc1. The molecule has 4 aromatic rings. The van der Waals surface area contributed by atoms with Crippen LogP contribution in [0.3, 0.4) is 0 Å². The topological polar surface area (TPSA) is 132 Å². The quantitative estimate of drug-likeness (QED) is 0.260. The Morgan fingerprint density at radius 3 is 2.47 bits per heavy atom. The van der Waals surface area contributed by atoms with Gasteiger partial charge >= 0.3 is 11.1 Å². The zero-order valence-electron chi connectivity index (χ0n) is 16.9. The average molecular weight is 433 g/mol. The summed E-state index contributed by atoms with van der Waals surface area (Å²) < 4.78 is 2.56. The number of fused-ring (bicyclic) bond motifs is 1. The second-order valence-electron chi connectivity index (χ2n) is 7.14. The maximum absolute atomic E-state index is 12.5. The molecule has 0 aliphatic heterocycles. The predicted octanol–water partition coefficient (Wildman–Crippen LogP) is 1.75. The molecular weight excluding hydrogens is 414 g/mol. The van der Waals surface area contributed by atoms with Crippen LogP contribution in [0.5, 0.6) is 0 Å². The van der Waals surface area contributed by atoms with Gasteiger partial charge in [0.1, 0.15) is 12.2 Å². The Bertz CT molecular complexity index is 1400. The van der Waals surface area contributed by atoms with Gasteiger partial charge in [-0.2, -0.15) is 0 Å². The highest BCUT2D eigenvalue weighted by atomic mass is 16.6. The number of benzene rings is 2. The predicted molar refractivity (Wildman–Crippen MR) is 118 cm³/mol. The summed E-state index contributed by atoms with van der Waals surface area (Å²) in [5, 5.41) is 14.3. The van der Waals surface area contributed by atoms with Crippen LogP contribution in [0.1, 0.15) is 5.56 Å². The molecule has 2 heterocycles. The van der Waals surface area contributed by atoms with E-state index in [1.165, 1.54) is 16.7 Å². The Balaban J connectivity index is 1.68. The number of hydrogen-bond donors (Lipinski definition) is 2. The molecule has 4 rings (SSSR count). The summed E-state index contributed by atoms with van der Waals surface area (Å²) in [4.78, 5) is 50.5. The lowest BCUT2D eigenvalue weighted by molar-refractivity contribution is -0.384. The fraction of sp³-hybridized carbons (Fsp3) is 0.136. The molecule has 2 aromatic carbocycles. The average Bonchev–Trinajstić information content (AvgIpc) is 3.31. The zero-order chi connectivity index (χ0) is 22.7. The maximum Gasteiger partial charge on any atom is 0.317 e. The molecular formula is C22H19N5O5. The number of nitrogens with zero attached hydrogens (tertiary/aromatic N) is 3. The summed E-state index contributed by atoms with van der Waals surface area (Å²) in [6, 6.07) is 15.6. The van der Waals surface area contributed by atoms with Gasteiger partial charge in [0, 0.05) is 25.0 Å². The van der Waals surface area contributed by atoms with E-state index >= 15 is 0 Å². The summed E-state index contributed by atoms with van der Waals surface area (Å²) >= 11 is 0. The zero-order valence-corrected chi connectivity index (χ0v) is 16.9. The number of nitro benzene ring substituents is 1. The number of rotatable bonds is 7. The number of amides is 1. The smallest absolute Gasteiger partial charge is 0.317 e. The first-order valence-corrected chi connectivity index (χ1v) is 9.83. The molecule has 0 aliphatic rings. The van der Waals surface area contributed by atoms with Crippen molar-refractivity contribution in [3.63, 3.8) is 0 Å². The van der Waals surface area contributed by atoms with E-state index in [-0.39, 0.29) is 22.4 Å². The lowest BCUT2D eigenvalue weighted by atomic mass is 10.1. The third-order valence-electron chi connectivity index (χ3n) is 5.03. The molecule has 0 saturated heterocycles. The van der Waals surface area contributed by atoms with Gasteiger partial charge in [0.25, 0.3) is 5.69 Å². The maximum atomic E-state index is 12.5. The molecule has 10 heteroatoms. The van der Waals surface area contributed by atoms with Crippen molar-refractivity contribution in [2.24, 2.45) is 0 Å². The Morgan fingerprint density at radius 1 is 1.06 bits per heavy atom. The number of carbonyl (C=O) groups excluding carboxylic acids is 1. The first-order chi connectivity index (χ1) is 15.4. The van der Waals surface area contributed by atoms with Gasteiger partial charge in [0.2, 0.25) is 5.91 Å². The third kappa shape index (κ3) is 4.19. The highest BCUT2D eigenvalue weighted by Crippen LogP contribution is 2.27. The molecule has 0 bridgehead atoms. The van der Waals surface area contributed by atoms with Crippen molar-refractivity contribution in [3.05, 3.63) is 103 Å². The summed E-state index contributed by atoms with van der Waals surface area (Å²) in [5.41, 5.74) is -0.564. The fourth-order valence-corrected chi connectivity index (χ4v) is 3.49. The van der Waals surface area contributed by atoms with Gasteiger partial charge in [-0.3, -0.25) is 29.1 Å². The Kier molecular flexibility index (Phi) is 5.67. The summed E-state index contributed by atoms with van der Waals surface area (Å²) in [5.74, 6) is -0.448. The van der Waals surface area contributed by atoms with Crippen LogP contribution in [-0.4, -0.2) is 31.5 Å². The van der Waals surface area contributed by atoms with E-state index in [1.807, 2.05) is 30.3 Å². The number of carbonyl (C=O) groups is 1. The van der Waals surface area contributed by atoms with Crippen molar-refractivity contribution in [3.8, 4) is 5.69 Å². The molecule has 10 nitrogen and oxygen atoms in total. The molecule has 0 atom stereocenters. The minimum Gasteiger partial charge on any atom is -0.354 e. The van der Waals surface area contributed by atoms with Gasteiger partial charge in [-0.1, -0.05) is 30.3 Å². The van der Waals surface area contributed by atoms with Gasteiger partial charge in [-0.05, 0) is 30.2 Å². The second kappa shape index (κ2) is 8.72. The number of aromatic amines is 1. The van der Waals surface area contributed by atoms with Crippen LogP contribution < -0.4 is 16.4 Å². The van der Waals surface area contributed by atoms with Crippen LogP contribution in [-0.2, 0) is 17.8 Å². The van der Waals surface area contributed by atoms with Crippen molar-refractivity contribution in [1.29, 1.82) is 0 Å². The van der Waals surface area contributed by atoms with Crippen molar-refractivity contribution >= 4 is 22.6 Å². The molecule has 2 aromatic heterocycles. The minimum atomic E-state index is -0.961. The van der Waals surface area contributed by atoms with E-state index in [2.05, 4.69) is 10.3 Å². The summed E-state index contributed by atoms with van der Waals surface area (Å²) in [6.07, 6.45) is 3.86. The standard InChI is InChI=1S/C22H19N5O5/c28-20(23-9-8-15-6-2-1-3-7-15)14-26-17-13-18(25-10-4-5-11-25)19(27(31)32)12-16(17)24-21(29)22(26)30/h1-7,10-13H,8-9,14H2,(H,23,28)(H,24,29). The van der Waals surface area contributed by atoms with Crippen molar-refractivity contribution in [1.82, 2.24) is 19.4 Å². The molecule has 2 N–H and O–H groups in total. The Hall–Kier alpha value is -4.47. The van der Waals surface area contributed by atoms with Gasteiger partial charge in [0.15, 0.2) is 0 Å². The van der Waals surface area contributed by atoms with Gasteiger partial charge in [-0.25, -0.2) is 0 Å². The molecule has 1 amide bonds. The number of nitrogens with one attached hydrogen (secondary N) is 2. The largest absolute Gasteiger partial charge is 0.354 e. The second-order valence-corrected chi connectivity index (χ2v) is 7.14. The third-order valence-corrected chi connectivity index (χ3v) is 5.03. The Labute approximate surface area is 180 Å². The van der Waals surface area contributed by atoms with E-state index in [0.717, 1.165) is 10.1 Å². The van der Waals surface area contributed by atoms with Gasteiger partial charge in [-0.15, -0.1) is 0 Å². The highest BCUT2D eigenvalue weighted by molar-refractivity contribution is 5.84. The molecule has 0 radical (unpaired) electrons. The lowest BCUT2D eigenvalue weighted by Crippen LogP contribution is -2.40. The number of nitro groups is 1. The highest BCUT2D eigenvalue weighted by Gasteiger charge is 2.20. The monoisotopic (exact) mass is 433 g/mol. The molecule has 0 saturated carbocycles. The van der Waals surface area contributed by atoms with E-state index < -0.39 is 28.5 Å². The minimum absolute atomic E-state index is 0.0919. The van der Waals surface area contributed by atoms with E-state index in [1.54, 1.807) is 24.5 Å². The number of aromatic nitrogens is 3. The fourth-order valence-electron chi connectivity index (χ4n) is 3.49. The molecule has 0 spiro atoms. The molecule has 0 unspecified atom stereocenters. The van der Waals surface area contributed by atoms with Crippen LogP contribution in [0.2, 0.25) is 0 Å². The van der Waals surface area contributed by atoms with Crippen molar-refractivity contribution < 1.29 is 9.72 Å². The van der Waals surface area contributed by atoms with E-state index in [4.69, 9.17) is 0 Å².